The van der Waals surface area contributed by atoms with Crippen molar-refractivity contribution in [3.8, 4) is 0 Å². The van der Waals surface area contributed by atoms with Crippen LogP contribution in [0.5, 0.6) is 0 Å². The van der Waals surface area contributed by atoms with E-state index in [2.05, 4.69) is 10.2 Å². The summed E-state index contributed by atoms with van der Waals surface area (Å²) in [5.41, 5.74) is 6.92. The lowest BCUT2D eigenvalue weighted by Crippen LogP contribution is -2.33. The van der Waals surface area contributed by atoms with Gasteiger partial charge in [0.25, 0.3) is 5.91 Å². The Bertz CT molecular complexity index is 378. The number of nitrogens with two attached hydrogens (primary N) is 1. The van der Waals surface area contributed by atoms with Crippen molar-refractivity contribution >= 4 is 36.4 Å². The Labute approximate surface area is 126 Å². The van der Waals surface area contributed by atoms with E-state index in [4.69, 9.17) is 5.73 Å². The molecule has 0 unspecified atom stereocenters. The molecule has 1 fully saturated rings. The molecule has 1 aromatic carbocycles. The summed E-state index contributed by atoms with van der Waals surface area (Å²) in [5, 5.41) is 2.92. The summed E-state index contributed by atoms with van der Waals surface area (Å²) in [6.45, 7) is 3.99. The lowest BCUT2D eigenvalue weighted by molar-refractivity contribution is 0.0950. The fourth-order valence-corrected chi connectivity index (χ4v) is 2.07. The number of likely N-dealkylation sites (tertiary alicyclic amines) is 1. The molecule has 0 radical (unpaired) electrons. The predicted molar refractivity (Wildman–Crippen MR) is 83.4 cm³/mol. The first-order chi connectivity index (χ1) is 8.25. The maximum absolute atomic E-state index is 11.8. The van der Waals surface area contributed by atoms with Crippen LogP contribution in [0.3, 0.4) is 0 Å². The van der Waals surface area contributed by atoms with Crippen LogP contribution in [0, 0.1) is 0 Å². The van der Waals surface area contributed by atoms with E-state index in [-0.39, 0.29) is 30.7 Å². The standard InChI is InChI=1S/C13H19N3O.2ClH/c14-12-5-3-11(4-6-12)13(17)15-7-10-16-8-1-2-9-16;;/h3-6H,1-2,7-10,14H2,(H,15,17);2*1H. The smallest absolute Gasteiger partial charge is 0.251 e. The molecule has 2 rings (SSSR count). The van der Waals surface area contributed by atoms with E-state index in [1.807, 2.05) is 0 Å². The predicted octanol–water partition coefficient (Wildman–Crippen LogP) is 1.94. The summed E-state index contributed by atoms with van der Waals surface area (Å²) in [7, 11) is 0. The van der Waals surface area contributed by atoms with E-state index >= 15 is 0 Å². The number of carbonyl (C=O) groups excluding carboxylic acids is 1. The van der Waals surface area contributed by atoms with Crippen molar-refractivity contribution < 1.29 is 4.79 Å². The summed E-state index contributed by atoms with van der Waals surface area (Å²) in [6, 6.07) is 6.99. The number of halogens is 2. The molecule has 6 heteroatoms. The molecule has 0 aliphatic carbocycles. The molecule has 0 atom stereocenters. The maximum Gasteiger partial charge on any atom is 0.251 e. The molecule has 0 aromatic heterocycles. The minimum atomic E-state index is -0.0239. The number of nitrogen functional groups attached to an aromatic ring is 1. The Balaban J connectivity index is 0.00000162. The average Bonchev–Trinajstić information content (AvgIpc) is 2.83. The van der Waals surface area contributed by atoms with Crippen LogP contribution < -0.4 is 11.1 Å². The van der Waals surface area contributed by atoms with E-state index in [0.717, 1.165) is 19.6 Å². The first kappa shape index (κ1) is 18.0. The quantitative estimate of drug-likeness (QED) is 0.836. The van der Waals surface area contributed by atoms with Gasteiger partial charge in [-0.2, -0.15) is 0 Å². The van der Waals surface area contributed by atoms with Crippen molar-refractivity contribution in [3.05, 3.63) is 29.8 Å². The number of benzene rings is 1. The highest BCUT2D eigenvalue weighted by Crippen LogP contribution is 2.06. The summed E-state index contributed by atoms with van der Waals surface area (Å²) in [6.07, 6.45) is 2.57. The van der Waals surface area contributed by atoms with Gasteiger partial charge in [0.2, 0.25) is 0 Å². The number of amides is 1. The van der Waals surface area contributed by atoms with Gasteiger partial charge in [-0.25, -0.2) is 0 Å². The van der Waals surface area contributed by atoms with Gasteiger partial charge in [0.1, 0.15) is 0 Å². The zero-order valence-electron chi connectivity index (χ0n) is 10.8. The largest absolute Gasteiger partial charge is 0.399 e. The molecule has 0 saturated carbocycles. The number of nitrogens with zero attached hydrogens (tertiary/aromatic N) is 1. The molecular formula is C13H21Cl2N3O. The summed E-state index contributed by atoms with van der Waals surface area (Å²) in [5.74, 6) is -0.0239. The number of anilines is 1. The normalized spacial score (nSPS) is 14.3. The van der Waals surface area contributed by atoms with Crippen LogP contribution in [0.4, 0.5) is 5.69 Å². The van der Waals surface area contributed by atoms with Crippen molar-refractivity contribution in [3.63, 3.8) is 0 Å². The van der Waals surface area contributed by atoms with E-state index in [1.165, 1.54) is 12.8 Å². The molecule has 1 heterocycles. The number of hydrogen-bond acceptors (Lipinski definition) is 3. The molecule has 1 aromatic rings. The molecule has 4 nitrogen and oxygen atoms in total. The van der Waals surface area contributed by atoms with Gasteiger partial charge in [0, 0.05) is 24.3 Å². The van der Waals surface area contributed by atoms with Crippen LogP contribution in [0.2, 0.25) is 0 Å². The molecule has 108 valence electrons. The maximum atomic E-state index is 11.8. The Kier molecular flexibility index (Phi) is 8.56. The van der Waals surface area contributed by atoms with Gasteiger partial charge in [-0.1, -0.05) is 0 Å². The zero-order chi connectivity index (χ0) is 12.1. The second-order valence-electron chi connectivity index (χ2n) is 4.43. The first-order valence-electron chi connectivity index (χ1n) is 6.12. The molecular weight excluding hydrogens is 285 g/mol. The Morgan fingerprint density at radius 2 is 1.74 bits per heavy atom. The number of rotatable bonds is 4. The highest BCUT2D eigenvalue weighted by Gasteiger charge is 2.11. The van der Waals surface area contributed by atoms with Crippen LogP contribution in [0.15, 0.2) is 24.3 Å². The van der Waals surface area contributed by atoms with Crippen LogP contribution in [-0.4, -0.2) is 37.0 Å². The van der Waals surface area contributed by atoms with Gasteiger partial charge in [-0.3, -0.25) is 4.79 Å². The van der Waals surface area contributed by atoms with E-state index < -0.39 is 0 Å². The van der Waals surface area contributed by atoms with Crippen LogP contribution in [0.1, 0.15) is 23.2 Å². The number of hydrogen-bond donors (Lipinski definition) is 2. The third-order valence-electron chi connectivity index (χ3n) is 3.09. The fourth-order valence-electron chi connectivity index (χ4n) is 2.07. The van der Waals surface area contributed by atoms with Crippen LogP contribution >= 0.6 is 24.8 Å². The molecule has 1 amide bonds. The number of carbonyl (C=O) groups is 1. The van der Waals surface area contributed by atoms with Gasteiger partial charge >= 0.3 is 0 Å². The van der Waals surface area contributed by atoms with E-state index in [1.54, 1.807) is 24.3 Å². The highest BCUT2D eigenvalue weighted by molar-refractivity contribution is 5.94. The summed E-state index contributed by atoms with van der Waals surface area (Å²) < 4.78 is 0. The zero-order valence-corrected chi connectivity index (χ0v) is 12.4. The third-order valence-corrected chi connectivity index (χ3v) is 3.09. The van der Waals surface area contributed by atoms with E-state index in [9.17, 15) is 4.79 Å². The highest BCUT2D eigenvalue weighted by atomic mass is 35.5. The minimum Gasteiger partial charge on any atom is -0.399 e. The van der Waals surface area contributed by atoms with Crippen molar-refractivity contribution in [2.45, 2.75) is 12.8 Å². The fraction of sp³-hybridized carbons (Fsp3) is 0.462. The number of nitrogens with one attached hydrogen (secondary N) is 1. The van der Waals surface area contributed by atoms with Gasteiger partial charge in [0.05, 0.1) is 0 Å². The average molecular weight is 306 g/mol. The SMILES string of the molecule is Cl.Cl.Nc1ccc(C(=O)NCCN2CCCC2)cc1. The van der Waals surface area contributed by atoms with Crippen LogP contribution in [0.25, 0.3) is 0 Å². The molecule has 0 spiro atoms. The van der Waals surface area contributed by atoms with Crippen molar-refractivity contribution in [1.29, 1.82) is 0 Å². The molecule has 1 aliphatic rings. The van der Waals surface area contributed by atoms with Crippen molar-refractivity contribution in [2.24, 2.45) is 0 Å². The second kappa shape index (κ2) is 9.02. The van der Waals surface area contributed by atoms with Gasteiger partial charge in [-0.15, -0.1) is 24.8 Å². The monoisotopic (exact) mass is 305 g/mol. The minimum absolute atomic E-state index is 0. The molecule has 1 aliphatic heterocycles. The summed E-state index contributed by atoms with van der Waals surface area (Å²) >= 11 is 0. The lowest BCUT2D eigenvalue weighted by Gasteiger charge is -2.14. The third kappa shape index (κ3) is 5.68. The van der Waals surface area contributed by atoms with Crippen molar-refractivity contribution in [2.75, 3.05) is 31.9 Å². The molecule has 0 bridgehead atoms. The first-order valence-corrected chi connectivity index (χ1v) is 6.12. The Morgan fingerprint density at radius 3 is 2.32 bits per heavy atom. The van der Waals surface area contributed by atoms with Crippen LogP contribution in [-0.2, 0) is 0 Å². The molecule has 3 N–H and O–H groups in total. The molecule has 1 saturated heterocycles. The van der Waals surface area contributed by atoms with Crippen molar-refractivity contribution in [1.82, 2.24) is 10.2 Å². The Morgan fingerprint density at radius 1 is 1.16 bits per heavy atom. The Hall–Kier alpha value is -0.970. The molecule has 19 heavy (non-hydrogen) atoms. The lowest BCUT2D eigenvalue weighted by atomic mass is 10.2. The van der Waals surface area contributed by atoms with Gasteiger partial charge in [0.15, 0.2) is 0 Å². The topological polar surface area (TPSA) is 58.4 Å². The van der Waals surface area contributed by atoms with Gasteiger partial charge < -0.3 is 16.0 Å². The van der Waals surface area contributed by atoms with Gasteiger partial charge in [-0.05, 0) is 50.2 Å². The second-order valence-corrected chi connectivity index (χ2v) is 4.43. The summed E-state index contributed by atoms with van der Waals surface area (Å²) in [4.78, 5) is 14.1. The van der Waals surface area contributed by atoms with E-state index in [0.29, 0.717) is 17.8 Å².